The molecule has 1 fully saturated rings. The fraction of sp³-hybridized carbons (Fsp3) is 0.667. The van der Waals surface area contributed by atoms with Gasteiger partial charge in [0.25, 0.3) is 0 Å². The molecule has 0 aromatic carbocycles. The molecule has 0 radical (unpaired) electrons. The fourth-order valence-corrected chi connectivity index (χ4v) is 2.38. The minimum atomic E-state index is -0.453. The summed E-state index contributed by atoms with van der Waals surface area (Å²) in [6.45, 7) is 1.92. The Labute approximate surface area is 92.1 Å². The van der Waals surface area contributed by atoms with Crippen LogP contribution in [0.5, 0.6) is 0 Å². The molecule has 1 amide bonds. The van der Waals surface area contributed by atoms with Gasteiger partial charge in [-0.2, -0.15) is 0 Å². The number of aromatic nitrogens is 2. The number of carbonyl (C=O) groups is 1. The lowest BCUT2D eigenvalue weighted by Gasteiger charge is -2.26. The molecular formula is C9H14N4OS. The molecule has 1 heterocycles. The molecule has 6 heteroatoms. The Kier molecular flexibility index (Phi) is 2.70. The Morgan fingerprint density at radius 2 is 2.60 bits per heavy atom. The first-order chi connectivity index (χ1) is 7.13. The Morgan fingerprint density at radius 1 is 1.80 bits per heavy atom. The van der Waals surface area contributed by atoms with Gasteiger partial charge < -0.3 is 11.1 Å². The lowest BCUT2D eigenvalue weighted by atomic mass is 9.84. The molecule has 0 bridgehead atoms. The van der Waals surface area contributed by atoms with Crippen LogP contribution in [0.15, 0.2) is 5.51 Å². The van der Waals surface area contributed by atoms with E-state index in [4.69, 9.17) is 5.73 Å². The summed E-state index contributed by atoms with van der Waals surface area (Å²) in [5, 5.41) is 10.7. The summed E-state index contributed by atoms with van der Waals surface area (Å²) in [7, 11) is 0. The summed E-state index contributed by atoms with van der Waals surface area (Å²) in [6, 6.07) is -0.0505. The summed E-state index contributed by atoms with van der Waals surface area (Å²) >= 11 is 1.31. The maximum absolute atomic E-state index is 12.0. The predicted molar refractivity (Wildman–Crippen MR) is 58.5 cm³/mol. The molecule has 82 valence electrons. The van der Waals surface area contributed by atoms with Crippen molar-refractivity contribution >= 4 is 22.4 Å². The Bertz CT molecular complexity index is 353. The number of hydrogen-bond donors (Lipinski definition) is 2. The smallest absolute Gasteiger partial charge is 0.233 e. The zero-order valence-corrected chi connectivity index (χ0v) is 9.38. The molecule has 1 aromatic heterocycles. The van der Waals surface area contributed by atoms with Crippen LogP contribution in [0.2, 0.25) is 0 Å². The van der Waals surface area contributed by atoms with Crippen LogP contribution < -0.4 is 11.1 Å². The van der Waals surface area contributed by atoms with Crippen molar-refractivity contribution in [1.29, 1.82) is 0 Å². The molecule has 0 aliphatic heterocycles. The summed E-state index contributed by atoms with van der Waals surface area (Å²) in [6.07, 6.45) is 2.78. The zero-order chi connectivity index (χ0) is 10.9. The van der Waals surface area contributed by atoms with Crippen molar-refractivity contribution in [3.8, 4) is 0 Å². The molecule has 2 unspecified atom stereocenters. The summed E-state index contributed by atoms with van der Waals surface area (Å²) in [4.78, 5) is 12.0. The van der Waals surface area contributed by atoms with Crippen LogP contribution >= 0.6 is 11.3 Å². The average molecular weight is 226 g/mol. The van der Waals surface area contributed by atoms with Crippen LogP contribution in [0.1, 0.15) is 26.2 Å². The van der Waals surface area contributed by atoms with Crippen LogP contribution in [0.4, 0.5) is 5.13 Å². The number of carbonyl (C=O) groups excluding carboxylic acids is 1. The van der Waals surface area contributed by atoms with Crippen molar-refractivity contribution in [2.24, 2.45) is 11.1 Å². The highest BCUT2D eigenvalue weighted by molar-refractivity contribution is 7.13. The third-order valence-corrected chi connectivity index (χ3v) is 3.74. The predicted octanol–water partition coefficient (Wildman–Crippen LogP) is 0.994. The van der Waals surface area contributed by atoms with Gasteiger partial charge in [-0.15, -0.1) is 10.2 Å². The summed E-state index contributed by atoms with van der Waals surface area (Å²) in [5.41, 5.74) is 7.09. The van der Waals surface area contributed by atoms with E-state index in [2.05, 4.69) is 15.5 Å². The first-order valence-corrected chi connectivity index (χ1v) is 5.84. The van der Waals surface area contributed by atoms with Gasteiger partial charge in [0.1, 0.15) is 5.51 Å². The molecule has 0 spiro atoms. The molecule has 1 aliphatic carbocycles. The van der Waals surface area contributed by atoms with Crippen LogP contribution in [-0.2, 0) is 4.79 Å². The van der Waals surface area contributed by atoms with E-state index < -0.39 is 5.41 Å². The molecule has 5 nitrogen and oxygen atoms in total. The highest BCUT2D eigenvalue weighted by atomic mass is 32.1. The first-order valence-electron chi connectivity index (χ1n) is 4.96. The topological polar surface area (TPSA) is 80.9 Å². The average Bonchev–Trinajstić information content (AvgIpc) is 2.79. The molecule has 1 aromatic rings. The number of amides is 1. The number of nitrogens with zero attached hydrogens (tertiary/aromatic N) is 2. The fourth-order valence-electron chi connectivity index (χ4n) is 1.94. The second-order valence-corrected chi connectivity index (χ2v) is 4.95. The zero-order valence-electron chi connectivity index (χ0n) is 8.56. The Morgan fingerprint density at radius 3 is 3.13 bits per heavy atom. The van der Waals surface area contributed by atoms with Crippen LogP contribution in [0, 0.1) is 5.41 Å². The number of nitrogens with one attached hydrogen (secondary N) is 1. The van der Waals surface area contributed by atoms with Gasteiger partial charge in [0.15, 0.2) is 0 Å². The minimum absolute atomic E-state index is 0.0377. The van der Waals surface area contributed by atoms with E-state index in [-0.39, 0.29) is 11.9 Å². The van der Waals surface area contributed by atoms with E-state index in [1.54, 1.807) is 5.51 Å². The van der Waals surface area contributed by atoms with Crippen molar-refractivity contribution in [2.75, 3.05) is 5.32 Å². The SMILES string of the molecule is CC1(C(=O)Nc2nncs2)CCCC1N. The normalized spacial score (nSPS) is 30.4. The van der Waals surface area contributed by atoms with Gasteiger partial charge in [-0.05, 0) is 19.8 Å². The van der Waals surface area contributed by atoms with Gasteiger partial charge >= 0.3 is 0 Å². The number of hydrogen-bond acceptors (Lipinski definition) is 5. The second-order valence-electron chi connectivity index (χ2n) is 4.11. The lowest BCUT2D eigenvalue weighted by Crippen LogP contribution is -2.44. The van der Waals surface area contributed by atoms with Gasteiger partial charge in [0, 0.05) is 6.04 Å². The number of rotatable bonds is 2. The van der Waals surface area contributed by atoms with E-state index in [9.17, 15) is 4.79 Å². The van der Waals surface area contributed by atoms with Crippen molar-refractivity contribution in [1.82, 2.24) is 10.2 Å². The quantitative estimate of drug-likeness (QED) is 0.788. The third-order valence-electron chi connectivity index (χ3n) is 3.13. The van der Waals surface area contributed by atoms with Crippen LogP contribution in [-0.4, -0.2) is 22.1 Å². The molecule has 1 aliphatic rings. The van der Waals surface area contributed by atoms with Crippen LogP contribution in [0.25, 0.3) is 0 Å². The molecule has 3 N–H and O–H groups in total. The van der Waals surface area contributed by atoms with E-state index in [0.29, 0.717) is 5.13 Å². The maximum Gasteiger partial charge on any atom is 0.233 e. The first kappa shape index (κ1) is 10.5. The maximum atomic E-state index is 12.0. The van der Waals surface area contributed by atoms with E-state index in [1.807, 2.05) is 6.92 Å². The third kappa shape index (κ3) is 1.87. The standard InChI is InChI=1S/C9H14N4OS/c1-9(4-2-3-6(9)10)7(14)12-8-13-11-5-15-8/h5-6H,2-4,10H2,1H3,(H,12,13,14). The Balaban J connectivity index is 2.07. The lowest BCUT2D eigenvalue weighted by molar-refractivity contribution is -0.125. The van der Waals surface area contributed by atoms with Gasteiger partial charge in [-0.25, -0.2) is 0 Å². The molecule has 1 saturated carbocycles. The number of anilines is 1. The minimum Gasteiger partial charge on any atom is -0.327 e. The molecule has 0 saturated heterocycles. The molecular weight excluding hydrogens is 212 g/mol. The Hall–Kier alpha value is -1.01. The van der Waals surface area contributed by atoms with Gasteiger partial charge in [-0.3, -0.25) is 4.79 Å². The monoisotopic (exact) mass is 226 g/mol. The molecule has 2 rings (SSSR count). The molecule has 15 heavy (non-hydrogen) atoms. The highest BCUT2D eigenvalue weighted by Gasteiger charge is 2.43. The molecule has 2 atom stereocenters. The van der Waals surface area contributed by atoms with Crippen molar-refractivity contribution in [3.63, 3.8) is 0 Å². The van der Waals surface area contributed by atoms with E-state index in [0.717, 1.165) is 19.3 Å². The van der Waals surface area contributed by atoms with Crippen molar-refractivity contribution in [2.45, 2.75) is 32.2 Å². The highest BCUT2D eigenvalue weighted by Crippen LogP contribution is 2.37. The van der Waals surface area contributed by atoms with Gasteiger partial charge in [-0.1, -0.05) is 17.8 Å². The van der Waals surface area contributed by atoms with Crippen molar-refractivity contribution < 1.29 is 4.79 Å². The van der Waals surface area contributed by atoms with E-state index in [1.165, 1.54) is 11.3 Å². The summed E-state index contributed by atoms with van der Waals surface area (Å²) < 4.78 is 0. The van der Waals surface area contributed by atoms with Crippen LogP contribution in [0.3, 0.4) is 0 Å². The summed E-state index contributed by atoms with van der Waals surface area (Å²) in [5.74, 6) is -0.0377. The number of nitrogens with two attached hydrogens (primary N) is 1. The van der Waals surface area contributed by atoms with Gasteiger partial charge in [0.05, 0.1) is 5.41 Å². The largest absolute Gasteiger partial charge is 0.327 e. The van der Waals surface area contributed by atoms with Crippen molar-refractivity contribution in [3.05, 3.63) is 5.51 Å². The van der Waals surface area contributed by atoms with Gasteiger partial charge in [0.2, 0.25) is 11.0 Å². The van der Waals surface area contributed by atoms with E-state index >= 15 is 0 Å². The second kappa shape index (κ2) is 3.86.